The van der Waals surface area contributed by atoms with Gasteiger partial charge < -0.3 is 4.42 Å². The molecule has 0 saturated carbocycles. The zero-order valence-electron chi connectivity index (χ0n) is 11.5. The standard InChI is InChI=1S/C15H15FN2O3/c1-10(19)17-18-15(20)9-14-12(6-7-21-14)8-11-4-2-3-5-13(11)16/h2-7H,8-9H2,1H3,(H,17,19)(H,18,20). The summed E-state index contributed by atoms with van der Waals surface area (Å²) in [4.78, 5) is 22.3. The van der Waals surface area contributed by atoms with Crippen molar-refractivity contribution >= 4 is 11.8 Å². The largest absolute Gasteiger partial charge is 0.469 e. The predicted molar refractivity (Wildman–Crippen MR) is 73.6 cm³/mol. The second-order valence-corrected chi connectivity index (χ2v) is 4.54. The van der Waals surface area contributed by atoms with E-state index in [0.717, 1.165) is 5.56 Å². The molecule has 2 amide bonds. The van der Waals surface area contributed by atoms with E-state index in [0.29, 0.717) is 17.7 Å². The van der Waals surface area contributed by atoms with Crippen LogP contribution in [0.3, 0.4) is 0 Å². The van der Waals surface area contributed by atoms with E-state index in [1.807, 2.05) is 0 Å². The maximum Gasteiger partial charge on any atom is 0.246 e. The van der Waals surface area contributed by atoms with Crippen LogP contribution in [-0.4, -0.2) is 11.8 Å². The summed E-state index contributed by atoms with van der Waals surface area (Å²) in [7, 11) is 0. The number of hydrogen-bond acceptors (Lipinski definition) is 3. The number of hydrazine groups is 1. The number of carbonyl (C=O) groups excluding carboxylic acids is 2. The number of furan rings is 1. The quantitative estimate of drug-likeness (QED) is 0.842. The Morgan fingerprint density at radius 1 is 1.14 bits per heavy atom. The first kappa shape index (κ1) is 14.8. The topological polar surface area (TPSA) is 71.3 Å². The number of benzene rings is 1. The highest BCUT2D eigenvalue weighted by atomic mass is 19.1. The van der Waals surface area contributed by atoms with Crippen molar-refractivity contribution in [3.05, 3.63) is 59.3 Å². The molecule has 0 bridgehead atoms. The summed E-state index contributed by atoms with van der Waals surface area (Å²) in [5.74, 6) is -0.627. The lowest BCUT2D eigenvalue weighted by atomic mass is 10.0. The van der Waals surface area contributed by atoms with Gasteiger partial charge in [-0.3, -0.25) is 20.4 Å². The van der Waals surface area contributed by atoms with Crippen LogP contribution in [0.2, 0.25) is 0 Å². The van der Waals surface area contributed by atoms with Gasteiger partial charge in [-0.2, -0.15) is 0 Å². The fourth-order valence-corrected chi connectivity index (χ4v) is 1.87. The molecule has 0 fully saturated rings. The molecule has 2 rings (SSSR count). The van der Waals surface area contributed by atoms with Gasteiger partial charge in [-0.05, 0) is 23.3 Å². The first-order chi connectivity index (χ1) is 10.1. The Morgan fingerprint density at radius 3 is 2.62 bits per heavy atom. The molecule has 0 radical (unpaired) electrons. The molecule has 0 unspecified atom stereocenters. The molecule has 0 aliphatic carbocycles. The summed E-state index contributed by atoms with van der Waals surface area (Å²) in [6.45, 7) is 1.29. The monoisotopic (exact) mass is 290 g/mol. The minimum atomic E-state index is -0.407. The highest BCUT2D eigenvalue weighted by Crippen LogP contribution is 2.18. The van der Waals surface area contributed by atoms with Crippen LogP contribution in [0, 0.1) is 5.82 Å². The van der Waals surface area contributed by atoms with Gasteiger partial charge in [-0.15, -0.1) is 0 Å². The summed E-state index contributed by atoms with van der Waals surface area (Å²) in [6, 6.07) is 8.15. The van der Waals surface area contributed by atoms with Crippen LogP contribution >= 0.6 is 0 Å². The molecule has 0 saturated heterocycles. The highest BCUT2D eigenvalue weighted by molar-refractivity contribution is 5.82. The van der Waals surface area contributed by atoms with Crippen LogP contribution in [-0.2, 0) is 22.4 Å². The first-order valence-electron chi connectivity index (χ1n) is 6.40. The van der Waals surface area contributed by atoms with E-state index in [4.69, 9.17) is 4.42 Å². The van der Waals surface area contributed by atoms with Crippen LogP contribution < -0.4 is 10.9 Å². The Kier molecular flexibility index (Phi) is 4.71. The molecule has 0 aliphatic heterocycles. The summed E-state index contributed by atoms with van der Waals surface area (Å²) < 4.78 is 18.9. The van der Waals surface area contributed by atoms with Gasteiger partial charge in [0.15, 0.2) is 0 Å². The number of nitrogens with one attached hydrogen (secondary N) is 2. The SMILES string of the molecule is CC(=O)NNC(=O)Cc1occc1Cc1ccccc1F. The molecule has 2 N–H and O–H groups in total. The molecule has 21 heavy (non-hydrogen) atoms. The van der Waals surface area contributed by atoms with E-state index in [2.05, 4.69) is 10.9 Å². The molecule has 1 aromatic heterocycles. The maximum atomic E-state index is 13.6. The molecule has 110 valence electrons. The Balaban J connectivity index is 2.03. The lowest BCUT2D eigenvalue weighted by Crippen LogP contribution is -2.41. The Bertz CT molecular complexity index is 652. The fourth-order valence-electron chi connectivity index (χ4n) is 1.87. The number of halogens is 1. The summed E-state index contributed by atoms with van der Waals surface area (Å²) in [5, 5.41) is 0. The first-order valence-corrected chi connectivity index (χ1v) is 6.40. The maximum absolute atomic E-state index is 13.6. The van der Waals surface area contributed by atoms with Crippen molar-refractivity contribution in [2.24, 2.45) is 0 Å². The zero-order chi connectivity index (χ0) is 15.2. The number of rotatable bonds is 4. The van der Waals surface area contributed by atoms with Crippen LogP contribution in [0.25, 0.3) is 0 Å². The van der Waals surface area contributed by atoms with Crippen molar-refractivity contribution in [2.75, 3.05) is 0 Å². The summed E-state index contributed by atoms with van der Waals surface area (Å²) >= 11 is 0. The molecule has 0 atom stereocenters. The van der Waals surface area contributed by atoms with Gasteiger partial charge in [-0.1, -0.05) is 18.2 Å². The third-order valence-electron chi connectivity index (χ3n) is 2.88. The smallest absolute Gasteiger partial charge is 0.246 e. The molecule has 0 aliphatic rings. The van der Waals surface area contributed by atoms with Gasteiger partial charge in [0.2, 0.25) is 11.8 Å². The van der Waals surface area contributed by atoms with E-state index >= 15 is 0 Å². The van der Waals surface area contributed by atoms with Crippen molar-refractivity contribution in [3.63, 3.8) is 0 Å². The van der Waals surface area contributed by atoms with Crippen LogP contribution in [0.1, 0.15) is 23.8 Å². The van der Waals surface area contributed by atoms with Gasteiger partial charge in [0, 0.05) is 13.3 Å². The van der Waals surface area contributed by atoms with Crippen molar-refractivity contribution in [2.45, 2.75) is 19.8 Å². The molecule has 0 spiro atoms. The molecule has 2 aromatic rings. The molecule has 1 heterocycles. The lowest BCUT2D eigenvalue weighted by Gasteiger charge is -2.06. The molecule has 6 heteroatoms. The van der Waals surface area contributed by atoms with Gasteiger partial charge in [0.25, 0.3) is 0 Å². The Morgan fingerprint density at radius 2 is 1.90 bits per heavy atom. The van der Waals surface area contributed by atoms with Gasteiger partial charge in [-0.25, -0.2) is 4.39 Å². The van der Waals surface area contributed by atoms with Crippen molar-refractivity contribution in [1.82, 2.24) is 10.9 Å². The fraction of sp³-hybridized carbons (Fsp3) is 0.200. The van der Waals surface area contributed by atoms with Crippen LogP contribution in [0.15, 0.2) is 41.0 Å². The van der Waals surface area contributed by atoms with Gasteiger partial charge in [0.1, 0.15) is 11.6 Å². The summed E-state index contributed by atoms with van der Waals surface area (Å²) in [6.07, 6.45) is 1.76. The second-order valence-electron chi connectivity index (χ2n) is 4.54. The number of hydrogen-bond donors (Lipinski definition) is 2. The van der Waals surface area contributed by atoms with Crippen molar-refractivity contribution in [3.8, 4) is 0 Å². The molecular formula is C15H15FN2O3. The van der Waals surface area contributed by atoms with Crippen molar-refractivity contribution < 1.29 is 18.4 Å². The average Bonchev–Trinajstić information content (AvgIpc) is 2.86. The second kappa shape index (κ2) is 6.69. The van der Waals surface area contributed by atoms with E-state index in [1.54, 1.807) is 24.3 Å². The Labute approximate surface area is 121 Å². The van der Waals surface area contributed by atoms with E-state index in [-0.39, 0.29) is 18.1 Å². The van der Waals surface area contributed by atoms with Crippen LogP contribution in [0.5, 0.6) is 0 Å². The highest BCUT2D eigenvalue weighted by Gasteiger charge is 2.13. The normalized spacial score (nSPS) is 10.2. The van der Waals surface area contributed by atoms with E-state index in [1.165, 1.54) is 19.3 Å². The molecule has 1 aromatic carbocycles. The van der Waals surface area contributed by atoms with E-state index in [9.17, 15) is 14.0 Å². The minimum absolute atomic E-state index is 0.0307. The predicted octanol–water partition coefficient (Wildman–Crippen LogP) is 1.72. The van der Waals surface area contributed by atoms with Gasteiger partial charge >= 0.3 is 0 Å². The van der Waals surface area contributed by atoms with Crippen molar-refractivity contribution in [1.29, 1.82) is 0 Å². The molecule has 5 nitrogen and oxygen atoms in total. The number of carbonyl (C=O) groups is 2. The lowest BCUT2D eigenvalue weighted by molar-refractivity contribution is -0.127. The van der Waals surface area contributed by atoms with Gasteiger partial charge in [0.05, 0.1) is 12.7 Å². The average molecular weight is 290 g/mol. The third kappa shape index (κ3) is 4.17. The Hall–Kier alpha value is -2.63. The number of amides is 2. The molecular weight excluding hydrogens is 275 g/mol. The zero-order valence-corrected chi connectivity index (χ0v) is 11.5. The summed E-state index contributed by atoms with van der Waals surface area (Å²) in [5.41, 5.74) is 5.71. The van der Waals surface area contributed by atoms with Crippen LogP contribution in [0.4, 0.5) is 4.39 Å². The minimum Gasteiger partial charge on any atom is -0.469 e. The van der Waals surface area contributed by atoms with E-state index < -0.39 is 5.91 Å². The third-order valence-corrected chi connectivity index (χ3v) is 2.88.